The quantitative estimate of drug-likeness (QED) is 0.852. The highest BCUT2D eigenvalue weighted by molar-refractivity contribution is 5.40. The Morgan fingerprint density at radius 1 is 1.42 bits per heavy atom. The van der Waals surface area contributed by atoms with Gasteiger partial charge in [0.15, 0.2) is 0 Å². The van der Waals surface area contributed by atoms with Crippen molar-refractivity contribution in [3.63, 3.8) is 0 Å². The molecule has 1 aromatic rings. The van der Waals surface area contributed by atoms with Gasteiger partial charge in [0.2, 0.25) is 0 Å². The molecule has 2 aliphatic rings. The molecule has 3 rings (SSSR count). The number of rotatable bonds is 5. The van der Waals surface area contributed by atoms with Gasteiger partial charge in [0.1, 0.15) is 11.9 Å². The fourth-order valence-electron chi connectivity index (χ4n) is 3.39. The predicted molar refractivity (Wildman–Crippen MR) is 75.2 cm³/mol. The van der Waals surface area contributed by atoms with E-state index in [9.17, 15) is 5.11 Å². The molecule has 104 valence electrons. The molecule has 3 heteroatoms. The van der Waals surface area contributed by atoms with E-state index >= 15 is 0 Å². The van der Waals surface area contributed by atoms with Crippen LogP contribution in [-0.4, -0.2) is 24.4 Å². The summed E-state index contributed by atoms with van der Waals surface area (Å²) in [5.41, 5.74) is 8.40. The first-order chi connectivity index (χ1) is 9.16. The second-order valence-corrected chi connectivity index (χ2v) is 6.26. The lowest BCUT2D eigenvalue weighted by Gasteiger charge is -2.32. The normalized spacial score (nSPS) is 24.7. The summed E-state index contributed by atoms with van der Waals surface area (Å²) in [6.45, 7) is 2.85. The van der Waals surface area contributed by atoms with E-state index in [0.717, 1.165) is 18.6 Å². The van der Waals surface area contributed by atoms with Gasteiger partial charge in [0.05, 0.1) is 6.61 Å². The van der Waals surface area contributed by atoms with Crippen LogP contribution in [0.5, 0.6) is 5.75 Å². The average molecular weight is 261 g/mol. The van der Waals surface area contributed by atoms with Crippen molar-refractivity contribution in [2.24, 2.45) is 17.1 Å². The van der Waals surface area contributed by atoms with Gasteiger partial charge < -0.3 is 15.6 Å². The molecule has 2 unspecified atom stereocenters. The highest BCUT2D eigenvalue weighted by Gasteiger charge is 2.46. The number of ether oxygens (including phenoxy) is 1. The molecule has 1 aromatic carbocycles. The number of aliphatic hydroxyl groups excluding tert-OH is 1. The molecule has 19 heavy (non-hydrogen) atoms. The molecular formula is C16H23NO2. The van der Waals surface area contributed by atoms with Gasteiger partial charge >= 0.3 is 0 Å². The van der Waals surface area contributed by atoms with Crippen molar-refractivity contribution in [2.45, 2.75) is 38.7 Å². The minimum absolute atomic E-state index is 0.123. The number of hydrogen-bond donors (Lipinski definition) is 2. The second-order valence-electron chi connectivity index (χ2n) is 6.26. The minimum atomic E-state index is -0.123. The molecule has 0 saturated heterocycles. The molecule has 1 aliphatic carbocycles. The van der Waals surface area contributed by atoms with Crippen molar-refractivity contribution in [1.29, 1.82) is 0 Å². The number of benzene rings is 1. The van der Waals surface area contributed by atoms with Crippen LogP contribution in [0.15, 0.2) is 18.2 Å². The van der Waals surface area contributed by atoms with Gasteiger partial charge in [-0.25, -0.2) is 0 Å². The van der Waals surface area contributed by atoms with Crippen LogP contribution < -0.4 is 10.5 Å². The Hall–Kier alpha value is -1.06. The van der Waals surface area contributed by atoms with Gasteiger partial charge in [-0.3, -0.25) is 0 Å². The molecule has 0 radical (unpaired) electrons. The summed E-state index contributed by atoms with van der Waals surface area (Å²) in [7, 11) is 0. The molecule has 0 aromatic heterocycles. The molecule has 0 bridgehead atoms. The van der Waals surface area contributed by atoms with E-state index in [0.29, 0.717) is 12.5 Å². The molecule has 1 aliphatic heterocycles. The van der Waals surface area contributed by atoms with Crippen LogP contribution in [0.1, 0.15) is 30.4 Å². The molecule has 1 saturated carbocycles. The Kier molecular flexibility index (Phi) is 3.27. The largest absolute Gasteiger partial charge is 0.490 e. The maximum Gasteiger partial charge on any atom is 0.123 e. The van der Waals surface area contributed by atoms with Crippen LogP contribution in [0.4, 0.5) is 0 Å². The summed E-state index contributed by atoms with van der Waals surface area (Å²) in [4.78, 5) is 0. The molecular weight excluding hydrogens is 238 g/mol. The van der Waals surface area contributed by atoms with Crippen molar-refractivity contribution in [3.8, 4) is 5.75 Å². The highest BCUT2D eigenvalue weighted by atomic mass is 16.5. The highest BCUT2D eigenvalue weighted by Crippen LogP contribution is 2.49. The summed E-state index contributed by atoms with van der Waals surface area (Å²) in [5, 5.41) is 9.77. The fourth-order valence-corrected chi connectivity index (χ4v) is 3.39. The van der Waals surface area contributed by atoms with E-state index in [1.807, 2.05) is 0 Å². The SMILES string of the molecule is Cc1ccc2c(c1)CC(CC(CN)(CO)C1CC1)O2. The lowest BCUT2D eigenvalue weighted by Crippen LogP contribution is -2.40. The lowest BCUT2D eigenvalue weighted by atomic mass is 9.77. The lowest BCUT2D eigenvalue weighted by molar-refractivity contribution is 0.0567. The molecule has 0 spiro atoms. The van der Waals surface area contributed by atoms with E-state index in [1.165, 1.54) is 24.0 Å². The fraction of sp³-hybridized carbons (Fsp3) is 0.625. The van der Waals surface area contributed by atoms with Crippen molar-refractivity contribution in [1.82, 2.24) is 0 Å². The van der Waals surface area contributed by atoms with Crippen LogP contribution in [0.25, 0.3) is 0 Å². The van der Waals surface area contributed by atoms with Crippen molar-refractivity contribution in [3.05, 3.63) is 29.3 Å². The van der Waals surface area contributed by atoms with E-state index in [1.54, 1.807) is 0 Å². The Morgan fingerprint density at radius 2 is 2.21 bits per heavy atom. The van der Waals surface area contributed by atoms with Crippen LogP contribution in [0.2, 0.25) is 0 Å². The summed E-state index contributed by atoms with van der Waals surface area (Å²) >= 11 is 0. The molecule has 1 heterocycles. The Balaban J connectivity index is 1.72. The Morgan fingerprint density at radius 3 is 2.84 bits per heavy atom. The van der Waals surface area contributed by atoms with E-state index in [-0.39, 0.29) is 18.1 Å². The van der Waals surface area contributed by atoms with Gasteiger partial charge in [-0.1, -0.05) is 17.7 Å². The number of aryl methyl sites for hydroxylation is 1. The van der Waals surface area contributed by atoms with Gasteiger partial charge in [-0.2, -0.15) is 0 Å². The first-order valence-electron chi connectivity index (χ1n) is 7.24. The average Bonchev–Trinajstić information content (AvgIpc) is 3.18. The summed E-state index contributed by atoms with van der Waals surface area (Å²) in [6.07, 6.45) is 4.41. The Labute approximate surface area is 114 Å². The zero-order valence-corrected chi connectivity index (χ0v) is 11.6. The molecule has 3 N–H and O–H groups in total. The molecule has 1 fully saturated rings. The first-order valence-corrected chi connectivity index (χ1v) is 7.24. The smallest absolute Gasteiger partial charge is 0.123 e. The number of hydrogen-bond acceptors (Lipinski definition) is 3. The third-order valence-electron chi connectivity index (χ3n) is 4.76. The Bertz CT molecular complexity index is 464. The topological polar surface area (TPSA) is 55.5 Å². The zero-order valence-electron chi connectivity index (χ0n) is 11.6. The summed E-state index contributed by atoms with van der Waals surface area (Å²) in [6, 6.07) is 6.35. The maximum absolute atomic E-state index is 9.77. The van der Waals surface area contributed by atoms with Crippen LogP contribution in [0.3, 0.4) is 0 Å². The number of fused-ring (bicyclic) bond motifs is 1. The minimum Gasteiger partial charge on any atom is -0.490 e. The van der Waals surface area contributed by atoms with E-state index in [2.05, 4.69) is 25.1 Å². The van der Waals surface area contributed by atoms with Crippen molar-refractivity contribution < 1.29 is 9.84 Å². The standard InChI is InChI=1S/C16H23NO2/c1-11-2-5-15-12(6-11)7-14(19-15)8-16(9-17,10-18)13-3-4-13/h2,5-6,13-14,18H,3-4,7-10,17H2,1H3. The third kappa shape index (κ3) is 2.37. The van der Waals surface area contributed by atoms with Crippen molar-refractivity contribution in [2.75, 3.05) is 13.2 Å². The maximum atomic E-state index is 9.77. The van der Waals surface area contributed by atoms with E-state index < -0.39 is 0 Å². The zero-order chi connectivity index (χ0) is 13.5. The van der Waals surface area contributed by atoms with Gasteiger partial charge in [-0.05, 0) is 43.7 Å². The van der Waals surface area contributed by atoms with Gasteiger partial charge in [0, 0.05) is 18.4 Å². The third-order valence-corrected chi connectivity index (χ3v) is 4.76. The van der Waals surface area contributed by atoms with Crippen LogP contribution >= 0.6 is 0 Å². The number of nitrogens with two attached hydrogens (primary N) is 1. The summed E-state index contributed by atoms with van der Waals surface area (Å²) in [5.74, 6) is 1.60. The van der Waals surface area contributed by atoms with E-state index in [4.69, 9.17) is 10.5 Å². The van der Waals surface area contributed by atoms with Gasteiger partial charge in [-0.15, -0.1) is 0 Å². The molecule has 2 atom stereocenters. The number of aliphatic hydroxyl groups is 1. The van der Waals surface area contributed by atoms with Crippen LogP contribution in [0, 0.1) is 18.3 Å². The molecule has 0 amide bonds. The predicted octanol–water partition coefficient (Wildman–Crippen LogP) is 2.04. The van der Waals surface area contributed by atoms with Gasteiger partial charge in [0.25, 0.3) is 0 Å². The van der Waals surface area contributed by atoms with Crippen LogP contribution in [-0.2, 0) is 6.42 Å². The summed E-state index contributed by atoms with van der Waals surface area (Å²) < 4.78 is 6.03. The second kappa shape index (κ2) is 4.80. The van der Waals surface area contributed by atoms with Crippen molar-refractivity contribution >= 4 is 0 Å². The first kappa shape index (κ1) is 12.9. The monoisotopic (exact) mass is 261 g/mol. The molecule has 3 nitrogen and oxygen atoms in total.